The highest BCUT2D eigenvalue weighted by Gasteiger charge is 2.14. The highest BCUT2D eigenvalue weighted by Crippen LogP contribution is 2.17. The third kappa shape index (κ3) is 5.42. The molecule has 2 N–H and O–H groups in total. The Kier molecular flexibility index (Phi) is 6.08. The maximum atomic E-state index is 12.4. The van der Waals surface area contributed by atoms with E-state index < -0.39 is 10.0 Å². The summed E-state index contributed by atoms with van der Waals surface area (Å²) in [5.41, 5.74) is 1.31. The predicted octanol–water partition coefficient (Wildman–Crippen LogP) is 4.19. The van der Waals surface area contributed by atoms with Crippen molar-refractivity contribution in [2.24, 2.45) is 0 Å². The first-order valence-corrected chi connectivity index (χ1v) is 10.1. The number of anilines is 2. The van der Waals surface area contributed by atoms with Crippen LogP contribution in [-0.4, -0.2) is 19.3 Å². The van der Waals surface area contributed by atoms with E-state index in [2.05, 4.69) is 15.0 Å². The molecule has 1 heterocycles. The first-order valence-electron chi connectivity index (χ1n) is 8.21. The first-order chi connectivity index (χ1) is 13.4. The summed E-state index contributed by atoms with van der Waals surface area (Å²) in [6.45, 7) is 0. The van der Waals surface area contributed by atoms with Gasteiger partial charge in [-0.05, 0) is 60.2 Å². The van der Waals surface area contributed by atoms with Crippen molar-refractivity contribution >= 4 is 45.1 Å². The second-order valence-corrected chi connectivity index (χ2v) is 7.84. The maximum Gasteiger partial charge on any atom is 0.263 e. The average Bonchev–Trinajstić information content (AvgIpc) is 2.68. The number of hydrogen-bond acceptors (Lipinski definition) is 4. The number of rotatable bonds is 6. The van der Waals surface area contributed by atoms with E-state index in [4.69, 9.17) is 11.6 Å². The summed E-state index contributed by atoms with van der Waals surface area (Å²) in [4.78, 5) is 16.0. The molecule has 1 aromatic heterocycles. The van der Waals surface area contributed by atoms with Crippen molar-refractivity contribution in [3.8, 4) is 0 Å². The number of nitrogens with zero attached hydrogens (tertiary/aromatic N) is 1. The number of carbonyl (C=O) groups is 1. The zero-order chi connectivity index (χ0) is 20.0. The maximum absolute atomic E-state index is 12.4. The van der Waals surface area contributed by atoms with E-state index in [1.54, 1.807) is 48.5 Å². The fourth-order valence-electron chi connectivity index (χ4n) is 2.27. The minimum Gasteiger partial charge on any atom is -0.323 e. The highest BCUT2D eigenvalue weighted by molar-refractivity contribution is 7.92. The summed E-state index contributed by atoms with van der Waals surface area (Å²) in [5.74, 6) is -0.107. The molecular weight excluding hydrogens is 398 g/mol. The van der Waals surface area contributed by atoms with Crippen LogP contribution in [0.25, 0.3) is 6.08 Å². The molecule has 0 unspecified atom stereocenters. The smallest absolute Gasteiger partial charge is 0.263 e. The van der Waals surface area contributed by atoms with Crippen LogP contribution in [-0.2, 0) is 14.8 Å². The molecule has 0 atom stereocenters. The second-order valence-electron chi connectivity index (χ2n) is 5.72. The number of nitrogens with one attached hydrogen (secondary N) is 2. The van der Waals surface area contributed by atoms with Crippen molar-refractivity contribution in [2.75, 3.05) is 10.0 Å². The Hall–Kier alpha value is -3.16. The quantitative estimate of drug-likeness (QED) is 0.593. The largest absolute Gasteiger partial charge is 0.323 e. The second kappa shape index (κ2) is 8.69. The van der Waals surface area contributed by atoms with Crippen LogP contribution < -0.4 is 10.0 Å². The number of halogens is 1. The molecule has 0 bridgehead atoms. The van der Waals surface area contributed by atoms with Gasteiger partial charge in [-0.3, -0.25) is 9.52 Å². The van der Waals surface area contributed by atoms with Crippen LogP contribution in [0.2, 0.25) is 5.02 Å². The first kappa shape index (κ1) is 19.6. The molecule has 0 saturated heterocycles. The molecule has 0 aliphatic carbocycles. The Morgan fingerprint density at radius 1 is 0.964 bits per heavy atom. The predicted molar refractivity (Wildman–Crippen MR) is 111 cm³/mol. The molecule has 1 amide bonds. The highest BCUT2D eigenvalue weighted by atomic mass is 35.5. The van der Waals surface area contributed by atoms with E-state index in [1.165, 1.54) is 36.5 Å². The van der Waals surface area contributed by atoms with Crippen LogP contribution in [0.4, 0.5) is 11.5 Å². The molecule has 0 radical (unpaired) electrons. The lowest BCUT2D eigenvalue weighted by atomic mass is 10.2. The summed E-state index contributed by atoms with van der Waals surface area (Å²) in [5, 5.41) is 3.29. The molecule has 0 saturated carbocycles. The molecule has 3 aromatic rings. The number of sulfonamides is 1. The van der Waals surface area contributed by atoms with E-state index >= 15 is 0 Å². The van der Waals surface area contributed by atoms with Crippen molar-refractivity contribution in [3.63, 3.8) is 0 Å². The number of pyridine rings is 1. The SMILES string of the molecule is O=C(/C=C/c1ccc(Cl)cc1)Nc1ccc(S(=O)(=O)Nc2ccccn2)cc1. The van der Waals surface area contributed by atoms with Gasteiger partial charge in [0.15, 0.2) is 0 Å². The Morgan fingerprint density at radius 2 is 1.68 bits per heavy atom. The molecule has 0 fully saturated rings. The van der Waals surface area contributed by atoms with Crippen LogP contribution in [0.1, 0.15) is 5.56 Å². The van der Waals surface area contributed by atoms with Gasteiger partial charge in [0.05, 0.1) is 4.90 Å². The van der Waals surface area contributed by atoms with Gasteiger partial charge in [0.1, 0.15) is 5.82 Å². The van der Waals surface area contributed by atoms with Gasteiger partial charge in [0.2, 0.25) is 5.91 Å². The molecular formula is C20H16ClN3O3S. The normalized spacial score (nSPS) is 11.3. The molecule has 6 nitrogen and oxygen atoms in total. The average molecular weight is 414 g/mol. The van der Waals surface area contributed by atoms with Crippen LogP contribution in [0.5, 0.6) is 0 Å². The van der Waals surface area contributed by atoms with E-state index in [0.29, 0.717) is 10.7 Å². The van der Waals surface area contributed by atoms with Crippen molar-refractivity contribution < 1.29 is 13.2 Å². The van der Waals surface area contributed by atoms with Crippen molar-refractivity contribution in [3.05, 3.63) is 89.6 Å². The minimum absolute atomic E-state index is 0.0628. The number of carbonyl (C=O) groups excluding carboxylic acids is 1. The van der Waals surface area contributed by atoms with E-state index in [9.17, 15) is 13.2 Å². The van der Waals surface area contributed by atoms with Crippen LogP contribution in [0, 0.1) is 0 Å². The number of hydrogen-bond donors (Lipinski definition) is 2. The molecule has 0 spiro atoms. The Labute approximate surface area is 167 Å². The van der Waals surface area contributed by atoms with Crippen LogP contribution in [0.15, 0.2) is 83.9 Å². The summed E-state index contributed by atoms with van der Waals surface area (Å²) in [6, 6.07) is 17.8. The molecule has 0 aliphatic rings. The number of benzene rings is 2. The number of aromatic nitrogens is 1. The molecule has 8 heteroatoms. The Bertz CT molecular complexity index is 1080. The lowest BCUT2D eigenvalue weighted by molar-refractivity contribution is -0.111. The van der Waals surface area contributed by atoms with Gasteiger partial charge in [-0.15, -0.1) is 0 Å². The summed E-state index contributed by atoms with van der Waals surface area (Å²) in [6.07, 6.45) is 4.53. The van der Waals surface area contributed by atoms with Gasteiger partial charge < -0.3 is 5.32 Å². The van der Waals surface area contributed by atoms with Gasteiger partial charge in [0, 0.05) is 23.0 Å². The molecule has 28 heavy (non-hydrogen) atoms. The fraction of sp³-hybridized carbons (Fsp3) is 0. The Morgan fingerprint density at radius 3 is 2.32 bits per heavy atom. The van der Waals surface area contributed by atoms with Crippen molar-refractivity contribution in [2.45, 2.75) is 4.90 Å². The number of amides is 1. The third-order valence-electron chi connectivity index (χ3n) is 3.63. The molecule has 3 rings (SSSR count). The topological polar surface area (TPSA) is 88.2 Å². The van der Waals surface area contributed by atoms with Crippen molar-refractivity contribution in [1.82, 2.24) is 4.98 Å². The minimum atomic E-state index is -3.76. The van der Waals surface area contributed by atoms with Gasteiger partial charge in [-0.25, -0.2) is 13.4 Å². The Balaban J connectivity index is 1.63. The van der Waals surface area contributed by atoms with Gasteiger partial charge >= 0.3 is 0 Å². The molecule has 2 aromatic carbocycles. The summed E-state index contributed by atoms with van der Waals surface area (Å²) in [7, 11) is -3.76. The zero-order valence-electron chi connectivity index (χ0n) is 14.5. The van der Waals surface area contributed by atoms with Gasteiger partial charge in [0.25, 0.3) is 10.0 Å². The summed E-state index contributed by atoms with van der Waals surface area (Å²) >= 11 is 5.82. The lowest BCUT2D eigenvalue weighted by Gasteiger charge is -2.08. The fourth-order valence-corrected chi connectivity index (χ4v) is 3.40. The van der Waals surface area contributed by atoms with E-state index in [1.807, 2.05) is 0 Å². The van der Waals surface area contributed by atoms with Crippen molar-refractivity contribution in [1.29, 1.82) is 0 Å². The van der Waals surface area contributed by atoms with Crippen LogP contribution >= 0.6 is 11.6 Å². The third-order valence-corrected chi connectivity index (χ3v) is 5.26. The summed E-state index contributed by atoms with van der Waals surface area (Å²) < 4.78 is 27.1. The zero-order valence-corrected chi connectivity index (χ0v) is 16.1. The van der Waals surface area contributed by atoms with Gasteiger partial charge in [-0.1, -0.05) is 29.8 Å². The van der Waals surface area contributed by atoms with Crippen LogP contribution in [0.3, 0.4) is 0 Å². The molecule has 142 valence electrons. The monoisotopic (exact) mass is 413 g/mol. The van der Waals surface area contributed by atoms with E-state index in [-0.39, 0.29) is 16.6 Å². The van der Waals surface area contributed by atoms with Gasteiger partial charge in [-0.2, -0.15) is 0 Å². The molecule has 0 aliphatic heterocycles. The standard InChI is InChI=1S/C20H16ClN3O3S/c21-16-7-4-15(5-8-16)6-13-20(25)23-17-9-11-18(12-10-17)28(26,27)24-19-3-1-2-14-22-19/h1-14H,(H,22,24)(H,23,25)/b13-6+. The lowest BCUT2D eigenvalue weighted by Crippen LogP contribution is -2.14. The van der Waals surface area contributed by atoms with E-state index in [0.717, 1.165) is 5.56 Å².